The van der Waals surface area contributed by atoms with Crippen molar-refractivity contribution in [1.82, 2.24) is 0 Å². The van der Waals surface area contributed by atoms with Gasteiger partial charge in [-0.3, -0.25) is 0 Å². The molecule has 0 bridgehead atoms. The minimum atomic E-state index is -0.571. The molecule has 1 N–H and O–H groups in total. The molecular formula is C11H16O3. The van der Waals surface area contributed by atoms with Gasteiger partial charge in [0.15, 0.2) is 0 Å². The first-order valence-electron chi connectivity index (χ1n) is 4.97. The number of ether oxygens (including phenoxy) is 1. The highest BCUT2D eigenvalue weighted by Crippen LogP contribution is 2.49. The van der Waals surface area contributed by atoms with E-state index in [1.807, 2.05) is 20.8 Å². The predicted molar refractivity (Wildman–Crippen MR) is 51.6 cm³/mol. The van der Waals surface area contributed by atoms with Gasteiger partial charge in [0.25, 0.3) is 0 Å². The van der Waals surface area contributed by atoms with Crippen LogP contribution in [-0.4, -0.2) is 22.8 Å². The molecule has 1 fully saturated rings. The van der Waals surface area contributed by atoms with Crippen LogP contribution >= 0.6 is 0 Å². The van der Waals surface area contributed by atoms with Gasteiger partial charge in [-0.1, -0.05) is 13.8 Å². The van der Waals surface area contributed by atoms with Crippen molar-refractivity contribution in [1.29, 1.82) is 0 Å². The van der Waals surface area contributed by atoms with Crippen LogP contribution in [0, 0.1) is 5.41 Å². The van der Waals surface area contributed by atoms with Crippen LogP contribution < -0.4 is 0 Å². The average Bonchev–Trinajstić information content (AvgIpc) is 2.22. The number of esters is 1. The molecule has 3 nitrogen and oxygen atoms in total. The molecule has 0 spiro atoms. The molecule has 2 rings (SSSR count). The minimum Gasteiger partial charge on any atom is -0.452 e. The molecule has 1 aliphatic heterocycles. The SMILES string of the molecule is CC1(C)CC(O)CC2(C)OC(=O)C=C12. The number of hydrogen-bond acceptors (Lipinski definition) is 3. The summed E-state index contributed by atoms with van der Waals surface area (Å²) in [4.78, 5) is 11.2. The lowest BCUT2D eigenvalue weighted by atomic mass is 9.65. The molecule has 0 saturated heterocycles. The molecule has 0 aromatic heterocycles. The zero-order chi connectivity index (χ0) is 10.6. The van der Waals surface area contributed by atoms with Crippen molar-refractivity contribution >= 4 is 5.97 Å². The van der Waals surface area contributed by atoms with Gasteiger partial charge >= 0.3 is 5.97 Å². The number of carbonyl (C=O) groups is 1. The van der Waals surface area contributed by atoms with Crippen molar-refractivity contribution in [2.75, 3.05) is 0 Å². The topological polar surface area (TPSA) is 46.5 Å². The molecule has 0 amide bonds. The van der Waals surface area contributed by atoms with E-state index in [2.05, 4.69) is 0 Å². The lowest BCUT2D eigenvalue weighted by Crippen LogP contribution is -2.44. The van der Waals surface area contributed by atoms with Gasteiger partial charge in [0.1, 0.15) is 5.60 Å². The van der Waals surface area contributed by atoms with Crippen molar-refractivity contribution < 1.29 is 14.6 Å². The van der Waals surface area contributed by atoms with Gasteiger partial charge in [0.2, 0.25) is 0 Å². The molecule has 14 heavy (non-hydrogen) atoms. The third-order valence-electron chi connectivity index (χ3n) is 3.26. The van der Waals surface area contributed by atoms with Gasteiger partial charge in [0.05, 0.1) is 6.10 Å². The lowest BCUT2D eigenvalue weighted by Gasteiger charge is -2.43. The maximum absolute atomic E-state index is 11.2. The summed E-state index contributed by atoms with van der Waals surface area (Å²) in [6.45, 7) is 5.97. The van der Waals surface area contributed by atoms with Crippen LogP contribution in [0.1, 0.15) is 33.6 Å². The fourth-order valence-corrected chi connectivity index (χ4v) is 2.86. The largest absolute Gasteiger partial charge is 0.452 e. The van der Waals surface area contributed by atoms with E-state index in [-0.39, 0.29) is 17.5 Å². The minimum absolute atomic E-state index is 0.140. The van der Waals surface area contributed by atoms with Gasteiger partial charge in [-0.15, -0.1) is 0 Å². The van der Waals surface area contributed by atoms with Gasteiger partial charge in [-0.2, -0.15) is 0 Å². The Morgan fingerprint density at radius 2 is 2.07 bits per heavy atom. The Morgan fingerprint density at radius 1 is 1.43 bits per heavy atom. The van der Waals surface area contributed by atoms with Gasteiger partial charge in [-0.25, -0.2) is 4.79 Å². The monoisotopic (exact) mass is 196 g/mol. The standard InChI is InChI=1S/C11H16O3/c1-10(2)5-7(12)6-11(3)8(10)4-9(13)14-11/h4,7,12H,5-6H2,1-3H3. The van der Waals surface area contributed by atoms with Crippen LogP contribution in [0.3, 0.4) is 0 Å². The Bertz CT molecular complexity index is 316. The summed E-state index contributed by atoms with van der Waals surface area (Å²) >= 11 is 0. The second kappa shape index (κ2) is 2.60. The molecule has 3 heteroatoms. The molecule has 0 radical (unpaired) electrons. The van der Waals surface area contributed by atoms with E-state index in [0.717, 1.165) is 5.57 Å². The first kappa shape index (κ1) is 9.71. The third-order valence-corrected chi connectivity index (χ3v) is 3.26. The lowest BCUT2D eigenvalue weighted by molar-refractivity contribution is -0.149. The number of aliphatic hydroxyl groups is 1. The van der Waals surface area contributed by atoms with E-state index >= 15 is 0 Å². The molecule has 2 aliphatic rings. The number of rotatable bonds is 0. The van der Waals surface area contributed by atoms with Crippen molar-refractivity contribution in [3.63, 3.8) is 0 Å². The van der Waals surface area contributed by atoms with Gasteiger partial charge in [-0.05, 0) is 24.3 Å². The summed E-state index contributed by atoms with van der Waals surface area (Å²) in [5.41, 5.74) is 0.317. The van der Waals surface area contributed by atoms with Crippen molar-refractivity contribution in [3.8, 4) is 0 Å². The van der Waals surface area contributed by atoms with Crippen molar-refractivity contribution in [3.05, 3.63) is 11.6 Å². The number of hydrogen-bond donors (Lipinski definition) is 1. The Morgan fingerprint density at radius 3 is 2.71 bits per heavy atom. The molecule has 2 unspecified atom stereocenters. The zero-order valence-electron chi connectivity index (χ0n) is 8.83. The van der Waals surface area contributed by atoms with E-state index in [9.17, 15) is 9.90 Å². The molecule has 1 saturated carbocycles. The smallest absolute Gasteiger partial charge is 0.331 e. The maximum Gasteiger partial charge on any atom is 0.331 e. The summed E-state index contributed by atoms with van der Waals surface area (Å²) < 4.78 is 5.27. The Balaban J connectivity index is 2.43. The highest BCUT2D eigenvalue weighted by Gasteiger charge is 2.50. The summed E-state index contributed by atoms with van der Waals surface area (Å²) in [6.07, 6.45) is 2.43. The molecular weight excluding hydrogens is 180 g/mol. The number of fused-ring (bicyclic) bond motifs is 1. The highest BCUT2D eigenvalue weighted by molar-refractivity contribution is 5.87. The Labute approximate surface area is 83.8 Å². The second-order valence-corrected chi connectivity index (χ2v) is 5.16. The molecule has 1 heterocycles. The molecule has 0 aromatic rings. The van der Waals surface area contributed by atoms with Crippen LogP contribution in [0.15, 0.2) is 11.6 Å². The normalized spacial score (nSPS) is 40.1. The predicted octanol–water partition coefficient (Wildman–Crippen LogP) is 1.41. The second-order valence-electron chi connectivity index (χ2n) is 5.16. The van der Waals surface area contributed by atoms with Crippen LogP contribution in [0.4, 0.5) is 0 Å². The molecule has 2 atom stereocenters. The Kier molecular flexibility index (Phi) is 1.80. The Hall–Kier alpha value is -0.830. The summed E-state index contributed by atoms with van der Waals surface area (Å²) in [5.74, 6) is -0.273. The zero-order valence-corrected chi connectivity index (χ0v) is 8.83. The summed E-state index contributed by atoms with van der Waals surface area (Å²) in [6, 6.07) is 0. The maximum atomic E-state index is 11.2. The summed E-state index contributed by atoms with van der Waals surface area (Å²) in [5, 5.41) is 9.72. The fraction of sp³-hybridized carbons (Fsp3) is 0.727. The van der Waals surface area contributed by atoms with E-state index in [1.165, 1.54) is 0 Å². The summed E-state index contributed by atoms with van der Waals surface area (Å²) in [7, 11) is 0. The number of aliphatic hydroxyl groups excluding tert-OH is 1. The van der Waals surface area contributed by atoms with Gasteiger partial charge in [0, 0.05) is 12.5 Å². The van der Waals surface area contributed by atoms with E-state index in [0.29, 0.717) is 12.8 Å². The van der Waals surface area contributed by atoms with Crippen LogP contribution in [-0.2, 0) is 9.53 Å². The molecule has 78 valence electrons. The highest BCUT2D eigenvalue weighted by atomic mass is 16.6. The molecule has 0 aromatic carbocycles. The number of carbonyl (C=O) groups excluding carboxylic acids is 1. The van der Waals surface area contributed by atoms with E-state index in [1.54, 1.807) is 6.08 Å². The van der Waals surface area contributed by atoms with E-state index in [4.69, 9.17) is 4.74 Å². The average molecular weight is 196 g/mol. The fourth-order valence-electron chi connectivity index (χ4n) is 2.86. The molecule has 1 aliphatic carbocycles. The van der Waals surface area contributed by atoms with Crippen LogP contribution in [0.25, 0.3) is 0 Å². The quantitative estimate of drug-likeness (QED) is 0.596. The first-order valence-corrected chi connectivity index (χ1v) is 4.97. The third kappa shape index (κ3) is 1.27. The first-order chi connectivity index (χ1) is 6.33. The van der Waals surface area contributed by atoms with Crippen molar-refractivity contribution in [2.24, 2.45) is 5.41 Å². The van der Waals surface area contributed by atoms with Gasteiger partial charge < -0.3 is 9.84 Å². The van der Waals surface area contributed by atoms with Crippen LogP contribution in [0.2, 0.25) is 0 Å². The van der Waals surface area contributed by atoms with E-state index < -0.39 is 5.60 Å². The van der Waals surface area contributed by atoms with Crippen LogP contribution in [0.5, 0.6) is 0 Å². The van der Waals surface area contributed by atoms with Crippen molar-refractivity contribution in [2.45, 2.75) is 45.3 Å².